The van der Waals surface area contributed by atoms with E-state index in [1.165, 1.54) is 0 Å². The fourth-order valence-corrected chi connectivity index (χ4v) is 1.62. The first kappa shape index (κ1) is 15.3. The van der Waals surface area contributed by atoms with E-state index < -0.39 is 31.7 Å². The van der Waals surface area contributed by atoms with Gasteiger partial charge in [-0.15, -0.1) is 0 Å². The van der Waals surface area contributed by atoms with Crippen molar-refractivity contribution in [2.75, 3.05) is 11.5 Å². The molecule has 0 aliphatic carbocycles. The normalized spacial score (nSPS) is 12.2. The van der Waals surface area contributed by atoms with E-state index in [9.17, 15) is 16.8 Å². The van der Waals surface area contributed by atoms with Gasteiger partial charge < -0.3 is 0 Å². The van der Waals surface area contributed by atoms with Crippen LogP contribution in [0.15, 0.2) is 0 Å². The number of rotatable bonds is 4. The average molecular weight is 227 g/mol. The van der Waals surface area contributed by atoms with Gasteiger partial charge in [0.25, 0.3) is 20.2 Å². The second-order valence-electron chi connectivity index (χ2n) is 1.93. The molecule has 0 aromatic rings. The third-order valence-corrected chi connectivity index (χ3v) is 2.41. The Bertz CT molecular complexity index is 270. The zero-order valence-corrected chi connectivity index (χ0v) is 10.1. The largest absolute Gasteiger partial charge is 1.00 e. The maximum Gasteiger partial charge on any atom is 1.00 e. The Balaban J connectivity index is 0. The van der Waals surface area contributed by atoms with Gasteiger partial charge in [0.1, 0.15) is 0 Å². The molecule has 0 amide bonds. The second kappa shape index (κ2) is 5.53. The van der Waals surface area contributed by atoms with E-state index in [0.717, 1.165) is 0 Å². The van der Waals surface area contributed by atoms with Crippen molar-refractivity contribution in [3.8, 4) is 0 Å². The molecular weight excluding hydrogens is 219 g/mol. The Kier molecular flexibility index (Phi) is 7.05. The molecule has 0 saturated carbocycles. The molecular formula is C3H8NaO6S2+. The quantitative estimate of drug-likeness (QED) is 0.376. The first-order valence-corrected chi connectivity index (χ1v) is 5.83. The molecule has 0 aliphatic heterocycles. The van der Waals surface area contributed by atoms with Crippen molar-refractivity contribution in [3.63, 3.8) is 0 Å². The predicted molar refractivity (Wildman–Crippen MR) is 37.4 cm³/mol. The van der Waals surface area contributed by atoms with Crippen molar-refractivity contribution in [2.45, 2.75) is 6.42 Å². The Morgan fingerprint density at radius 1 is 0.833 bits per heavy atom. The molecule has 0 bridgehead atoms. The summed E-state index contributed by atoms with van der Waals surface area (Å²) in [6.07, 6.45) is -0.308. The van der Waals surface area contributed by atoms with E-state index in [2.05, 4.69) is 0 Å². The minimum absolute atomic E-state index is 0. The molecule has 9 heteroatoms. The smallest absolute Gasteiger partial charge is 0.286 e. The van der Waals surface area contributed by atoms with Gasteiger partial charge in [0, 0.05) is 0 Å². The number of hydrogen-bond acceptors (Lipinski definition) is 4. The molecule has 2 N–H and O–H groups in total. The van der Waals surface area contributed by atoms with Crippen LogP contribution in [0.25, 0.3) is 0 Å². The third kappa shape index (κ3) is 13.4. The van der Waals surface area contributed by atoms with E-state index in [0.29, 0.717) is 0 Å². The van der Waals surface area contributed by atoms with Gasteiger partial charge in [-0.05, 0) is 6.42 Å². The molecule has 0 fully saturated rings. The molecule has 0 atom stereocenters. The minimum atomic E-state index is -4.12. The summed E-state index contributed by atoms with van der Waals surface area (Å²) in [5.74, 6) is -1.32. The van der Waals surface area contributed by atoms with E-state index in [1.54, 1.807) is 0 Å². The van der Waals surface area contributed by atoms with E-state index >= 15 is 0 Å². The monoisotopic (exact) mass is 227 g/mol. The summed E-state index contributed by atoms with van der Waals surface area (Å²) in [6.45, 7) is 0. The van der Waals surface area contributed by atoms with Gasteiger partial charge in [-0.2, -0.15) is 16.8 Å². The van der Waals surface area contributed by atoms with Gasteiger partial charge in [-0.25, -0.2) is 0 Å². The molecule has 0 rings (SSSR count). The summed E-state index contributed by atoms with van der Waals surface area (Å²) in [6, 6.07) is 0. The van der Waals surface area contributed by atoms with Crippen LogP contribution in [-0.2, 0) is 20.2 Å². The molecule has 68 valence electrons. The summed E-state index contributed by atoms with van der Waals surface area (Å²) in [5, 5.41) is 0. The molecule has 0 spiro atoms. The van der Waals surface area contributed by atoms with Crippen LogP contribution in [0.2, 0.25) is 0 Å². The Labute approximate surface area is 93.1 Å². The minimum Gasteiger partial charge on any atom is -0.286 e. The summed E-state index contributed by atoms with van der Waals surface area (Å²) < 4.78 is 56.2. The summed E-state index contributed by atoms with van der Waals surface area (Å²) in [4.78, 5) is 0. The van der Waals surface area contributed by atoms with Crippen LogP contribution in [0.4, 0.5) is 0 Å². The SMILES string of the molecule is O=S(=O)(O)CCCS(=O)(=O)O.[Na+]. The third-order valence-electron chi connectivity index (χ3n) is 0.805. The maximum atomic E-state index is 10.00. The average Bonchev–Trinajstić information content (AvgIpc) is 1.55. The summed E-state index contributed by atoms with van der Waals surface area (Å²) >= 11 is 0. The predicted octanol–water partition coefficient (Wildman–Crippen LogP) is -3.84. The fourth-order valence-electron chi connectivity index (χ4n) is 0.424. The van der Waals surface area contributed by atoms with Crippen LogP contribution in [0.5, 0.6) is 0 Å². The Morgan fingerprint density at radius 2 is 1.08 bits per heavy atom. The Hall–Kier alpha value is 0.820. The molecule has 0 aromatic carbocycles. The van der Waals surface area contributed by atoms with Gasteiger partial charge in [0.2, 0.25) is 0 Å². The molecule has 0 aliphatic rings. The van der Waals surface area contributed by atoms with Crippen molar-refractivity contribution >= 4 is 20.2 Å². The molecule has 6 nitrogen and oxygen atoms in total. The summed E-state index contributed by atoms with van der Waals surface area (Å²) in [7, 11) is -8.24. The first-order valence-electron chi connectivity index (χ1n) is 2.61. The topological polar surface area (TPSA) is 109 Å². The van der Waals surface area contributed by atoms with E-state index in [4.69, 9.17) is 9.11 Å². The molecule has 0 unspecified atom stereocenters. The van der Waals surface area contributed by atoms with Crippen molar-refractivity contribution in [1.82, 2.24) is 0 Å². The maximum absolute atomic E-state index is 10.00. The molecule has 0 saturated heterocycles. The van der Waals surface area contributed by atoms with Crippen molar-refractivity contribution in [1.29, 1.82) is 0 Å². The van der Waals surface area contributed by atoms with Crippen LogP contribution < -0.4 is 29.6 Å². The van der Waals surface area contributed by atoms with E-state index in [1.807, 2.05) is 0 Å². The zero-order chi connectivity index (χ0) is 9.12. The molecule has 12 heavy (non-hydrogen) atoms. The van der Waals surface area contributed by atoms with Crippen molar-refractivity contribution in [3.05, 3.63) is 0 Å². The van der Waals surface area contributed by atoms with Gasteiger partial charge in [-0.3, -0.25) is 9.11 Å². The molecule has 0 radical (unpaired) electrons. The zero-order valence-electron chi connectivity index (χ0n) is 6.47. The standard InChI is InChI=1S/C3H8O6S2.Na/c4-10(5,6)2-1-3-11(7,8)9;/h1-3H2,(H,4,5,6)(H,7,8,9);/q;+1. The first-order chi connectivity index (χ1) is 4.71. The van der Waals surface area contributed by atoms with Crippen LogP contribution in [0, 0.1) is 0 Å². The van der Waals surface area contributed by atoms with Gasteiger partial charge in [-0.1, -0.05) is 0 Å². The number of hydrogen-bond donors (Lipinski definition) is 2. The Morgan fingerprint density at radius 3 is 1.25 bits per heavy atom. The van der Waals surface area contributed by atoms with Crippen molar-refractivity contribution < 1.29 is 55.5 Å². The van der Waals surface area contributed by atoms with Crippen molar-refractivity contribution in [2.24, 2.45) is 0 Å². The second-order valence-corrected chi connectivity index (χ2v) is 5.07. The van der Waals surface area contributed by atoms with Crippen LogP contribution in [0.3, 0.4) is 0 Å². The molecule has 0 aromatic heterocycles. The molecule has 0 heterocycles. The van der Waals surface area contributed by atoms with Gasteiger partial charge in [0.15, 0.2) is 0 Å². The van der Waals surface area contributed by atoms with Crippen LogP contribution >= 0.6 is 0 Å². The fraction of sp³-hybridized carbons (Fsp3) is 1.00. The van der Waals surface area contributed by atoms with Crippen LogP contribution in [0.1, 0.15) is 6.42 Å². The van der Waals surface area contributed by atoms with Gasteiger partial charge >= 0.3 is 29.6 Å². The van der Waals surface area contributed by atoms with Gasteiger partial charge in [0.05, 0.1) is 11.5 Å². The summed E-state index contributed by atoms with van der Waals surface area (Å²) in [5.41, 5.74) is 0. The van der Waals surface area contributed by atoms with E-state index in [-0.39, 0.29) is 36.0 Å². The van der Waals surface area contributed by atoms with Crippen LogP contribution in [-0.4, -0.2) is 37.4 Å².